The fraction of sp³-hybridized carbons (Fsp3) is 0.400. The van der Waals surface area contributed by atoms with Crippen molar-refractivity contribution in [2.75, 3.05) is 63.5 Å². The van der Waals surface area contributed by atoms with Gasteiger partial charge in [-0.25, -0.2) is 0 Å². The van der Waals surface area contributed by atoms with E-state index in [9.17, 15) is 5.11 Å². The molecule has 4 aliphatic heterocycles. The highest BCUT2D eigenvalue weighted by atomic mass is 16.5. The number of aliphatic hydroxyl groups is 1. The maximum atomic E-state index is 13.0. The molecule has 4 heterocycles. The largest absolute Gasteiger partial charge is 0.493 e. The van der Waals surface area contributed by atoms with Gasteiger partial charge in [-0.3, -0.25) is 9.80 Å². The van der Waals surface area contributed by atoms with E-state index in [1.165, 1.54) is 0 Å². The van der Waals surface area contributed by atoms with E-state index >= 15 is 0 Å². The average molecular weight is 699 g/mol. The predicted octanol–water partition coefficient (Wildman–Crippen LogP) is 6.22. The Morgan fingerprint density at radius 2 is 0.627 bits per heavy atom. The van der Waals surface area contributed by atoms with Crippen LogP contribution < -0.4 is 37.9 Å². The maximum absolute atomic E-state index is 13.0. The van der Waals surface area contributed by atoms with Crippen LogP contribution >= 0.6 is 0 Å². The van der Waals surface area contributed by atoms with Crippen LogP contribution in [-0.2, 0) is 0 Å². The molecule has 0 aromatic heterocycles. The van der Waals surface area contributed by atoms with Crippen LogP contribution in [0.4, 0.5) is 0 Å². The highest BCUT2D eigenvalue weighted by molar-refractivity contribution is 5.51. The number of methoxy groups -OCH3 is 8. The highest BCUT2D eigenvalue weighted by Crippen LogP contribution is 2.66. The molecule has 0 amide bonds. The molecule has 4 aliphatic rings. The summed E-state index contributed by atoms with van der Waals surface area (Å²) in [5, 5.41) is 13.0. The van der Waals surface area contributed by atoms with Gasteiger partial charge in [0.25, 0.3) is 0 Å². The molecular formula is C40H46N2O9. The molecule has 4 atom stereocenters. The van der Waals surface area contributed by atoms with Crippen molar-refractivity contribution in [1.82, 2.24) is 9.80 Å². The Labute approximate surface area is 299 Å². The number of hydrogen-bond donors (Lipinski definition) is 1. The van der Waals surface area contributed by atoms with Crippen molar-refractivity contribution >= 4 is 0 Å². The van der Waals surface area contributed by atoms with Crippen molar-refractivity contribution in [1.29, 1.82) is 0 Å². The Morgan fingerprint density at radius 1 is 0.392 bits per heavy atom. The fourth-order valence-electron chi connectivity index (χ4n) is 8.92. The number of ether oxygens (including phenoxy) is 8. The van der Waals surface area contributed by atoms with E-state index in [1.54, 1.807) is 56.9 Å². The Bertz CT molecular complexity index is 1630. The first-order valence-electron chi connectivity index (χ1n) is 16.9. The minimum absolute atomic E-state index is 0.199. The van der Waals surface area contributed by atoms with Gasteiger partial charge in [0, 0.05) is 36.0 Å². The summed E-state index contributed by atoms with van der Waals surface area (Å²) in [5.74, 6) is 4.62. The van der Waals surface area contributed by atoms with E-state index in [2.05, 4.69) is 34.1 Å². The van der Waals surface area contributed by atoms with Crippen LogP contribution in [0.15, 0.2) is 72.8 Å². The lowest BCUT2D eigenvalue weighted by molar-refractivity contribution is -0.260. The standard InChI is InChI=1S/C40H46N2O9/c1-44-26-13-9-22(17-30(26)48-5)36-34-37(23-10-14-27(45-2)31(18-23)49-6)42-21-41(36)38(24-11-15-28(46-3)32(19-24)50-7)35(40(34)43)39(42)25-12-16-29(47-4)33(20-25)51-8/h9-20,34-40,43H,21H2,1-8H3. The van der Waals surface area contributed by atoms with Gasteiger partial charge in [0.1, 0.15) is 0 Å². The first kappa shape index (κ1) is 34.6. The van der Waals surface area contributed by atoms with Crippen molar-refractivity contribution in [2.45, 2.75) is 30.3 Å². The molecule has 11 heteroatoms. The Morgan fingerprint density at radius 3 is 0.843 bits per heavy atom. The number of aliphatic hydroxyl groups excluding tert-OH is 1. The summed E-state index contributed by atoms with van der Waals surface area (Å²) >= 11 is 0. The van der Waals surface area contributed by atoms with Gasteiger partial charge in [0.05, 0.1) is 69.7 Å². The lowest BCUT2D eigenvalue weighted by atomic mass is 9.59. The third-order valence-electron chi connectivity index (χ3n) is 11.0. The quantitative estimate of drug-likeness (QED) is 0.183. The lowest BCUT2D eigenvalue weighted by Crippen LogP contribution is -2.71. The lowest BCUT2D eigenvalue weighted by Gasteiger charge is -2.69. The second-order valence-electron chi connectivity index (χ2n) is 13.1. The van der Waals surface area contributed by atoms with Crippen molar-refractivity contribution in [3.63, 3.8) is 0 Å². The number of hydrogen-bond acceptors (Lipinski definition) is 11. The van der Waals surface area contributed by atoms with Gasteiger partial charge >= 0.3 is 0 Å². The molecule has 8 rings (SSSR count). The topological polar surface area (TPSA) is 101 Å². The van der Waals surface area contributed by atoms with Crippen LogP contribution in [0.1, 0.15) is 46.4 Å². The zero-order valence-electron chi connectivity index (χ0n) is 30.3. The normalized spacial score (nSPS) is 27.4. The average Bonchev–Trinajstić information content (AvgIpc) is 3.18. The van der Waals surface area contributed by atoms with Crippen molar-refractivity contribution < 1.29 is 43.0 Å². The molecule has 0 spiro atoms. The number of nitrogens with zero attached hydrogens (tertiary/aromatic N) is 2. The summed E-state index contributed by atoms with van der Waals surface area (Å²) in [6.45, 7) is 0.593. The minimum Gasteiger partial charge on any atom is -0.493 e. The van der Waals surface area contributed by atoms with Gasteiger partial charge in [-0.15, -0.1) is 0 Å². The molecule has 4 unspecified atom stereocenters. The van der Waals surface area contributed by atoms with E-state index < -0.39 is 6.10 Å². The van der Waals surface area contributed by atoms with Gasteiger partial charge in [-0.1, -0.05) is 24.3 Å². The SMILES string of the molecule is COc1ccc(C2C3C(O)C4C(c5ccc(OC)c(OC)c5)N2CN(C3c2ccc(OC)c(OC)c2)C4c2ccc(OC)c(OC)c2)cc1OC. The van der Waals surface area contributed by atoms with Crippen LogP contribution in [0.25, 0.3) is 0 Å². The predicted molar refractivity (Wildman–Crippen MR) is 191 cm³/mol. The molecule has 4 fully saturated rings. The molecule has 4 aromatic carbocycles. The second-order valence-corrected chi connectivity index (χ2v) is 13.1. The van der Waals surface area contributed by atoms with Gasteiger partial charge in [-0.05, 0) is 70.8 Å². The number of rotatable bonds is 12. The van der Waals surface area contributed by atoms with Crippen LogP contribution in [0.3, 0.4) is 0 Å². The van der Waals surface area contributed by atoms with Gasteiger partial charge in [0.15, 0.2) is 46.0 Å². The molecule has 0 aliphatic carbocycles. The summed E-state index contributed by atoms with van der Waals surface area (Å²) < 4.78 is 45.7. The number of benzene rings is 4. The zero-order chi connectivity index (χ0) is 36.0. The molecule has 51 heavy (non-hydrogen) atoms. The van der Waals surface area contributed by atoms with Crippen LogP contribution in [0, 0.1) is 11.8 Å². The molecule has 0 radical (unpaired) electrons. The third kappa shape index (κ3) is 5.55. The first-order valence-corrected chi connectivity index (χ1v) is 16.9. The molecule has 1 N–H and O–H groups in total. The summed E-state index contributed by atoms with van der Waals surface area (Å²) in [7, 11) is 13.1. The van der Waals surface area contributed by atoms with Gasteiger partial charge in [0.2, 0.25) is 0 Å². The monoisotopic (exact) mass is 698 g/mol. The van der Waals surface area contributed by atoms with Crippen molar-refractivity contribution in [3.8, 4) is 46.0 Å². The minimum atomic E-state index is -0.745. The van der Waals surface area contributed by atoms with E-state index in [1.807, 2.05) is 48.5 Å². The summed E-state index contributed by atoms with van der Waals surface area (Å²) in [6, 6.07) is 23.5. The zero-order valence-corrected chi connectivity index (χ0v) is 30.3. The Kier molecular flexibility index (Phi) is 9.54. The fourth-order valence-corrected chi connectivity index (χ4v) is 8.92. The van der Waals surface area contributed by atoms with Crippen LogP contribution in [0.5, 0.6) is 46.0 Å². The smallest absolute Gasteiger partial charge is 0.161 e. The summed E-state index contributed by atoms with van der Waals surface area (Å²) in [6.07, 6.45) is -0.745. The second kappa shape index (κ2) is 14.1. The van der Waals surface area contributed by atoms with E-state index in [4.69, 9.17) is 37.9 Å². The highest BCUT2D eigenvalue weighted by Gasteiger charge is 2.65. The van der Waals surface area contributed by atoms with Gasteiger partial charge in [-0.2, -0.15) is 0 Å². The Hall–Kier alpha value is -4.84. The van der Waals surface area contributed by atoms with Gasteiger partial charge < -0.3 is 43.0 Å². The first-order chi connectivity index (χ1) is 24.8. The van der Waals surface area contributed by atoms with E-state index in [0.717, 1.165) is 22.3 Å². The van der Waals surface area contributed by atoms with Crippen molar-refractivity contribution in [3.05, 3.63) is 95.1 Å². The van der Waals surface area contributed by atoms with E-state index in [0.29, 0.717) is 52.7 Å². The van der Waals surface area contributed by atoms with E-state index in [-0.39, 0.29) is 36.0 Å². The molecule has 4 saturated heterocycles. The maximum Gasteiger partial charge on any atom is 0.161 e. The Balaban J connectivity index is 1.47. The molecular weight excluding hydrogens is 652 g/mol. The van der Waals surface area contributed by atoms with Crippen LogP contribution in [-0.4, -0.2) is 84.6 Å². The molecule has 4 bridgehead atoms. The third-order valence-corrected chi connectivity index (χ3v) is 11.0. The molecule has 270 valence electrons. The number of piperidine rings is 2. The molecule has 0 saturated carbocycles. The molecule has 4 aromatic rings. The van der Waals surface area contributed by atoms with Crippen LogP contribution in [0.2, 0.25) is 0 Å². The summed E-state index contributed by atoms with van der Waals surface area (Å²) in [4.78, 5) is 5.03. The summed E-state index contributed by atoms with van der Waals surface area (Å²) in [5.41, 5.74) is 4.09. The van der Waals surface area contributed by atoms with Crippen molar-refractivity contribution in [2.24, 2.45) is 11.8 Å². The molecule has 11 nitrogen and oxygen atoms in total.